The van der Waals surface area contributed by atoms with Gasteiger partial charge >= 0.3 is 0 Å². The molecule has 0 bridgehead atoms. The van der Waals surface area contributed by atoms with E-state index in [1.54, 1.807) is 23.6 Å². The van der Waals surface area contributed by atoms with Crippen LogP contribution >= 0.6 is 11.6 Å². The second-order valence-electron chi connectivity index (χ2n) is 5.12. The summed E-state index contributed by atoms with van der Waals surface area (Å²) in [5, 5.41) is -0.420. The highest BCUT2D eigenvalue weighted by Crippen LogP contribution is 2.22. The van der Waals surface area contributed by atoms with Crippen LogP contribution in [0.25, 0.3) is 5.52 Å². The number of ketones is 1. The van der Waals surface area contributed by atoms with Crippen LogP contribution in [0.2, 0.25) is 5.02 Å². The summed E-state index contributed by atoms with van der Waals surface area (Å²) in [7, 11) is -3.64. The molecule has 6 nitrogen and oxygen atoms in total. The van der Waals surface area contributed by atoms with Gasteiger partial charge in [0.2, 0.25) is 20.8 Å². The SMILES string of the molecule is Cc1cc2ccccn2c1C(=O)c1nc(S(C)(=O)=O)ncc1Cl. The second kappa shape index (κ2) is 5.43. The van der Waals surface area contributed by atoms with Crippen molar-refractivity contribution < 1.29 is 13.2 Å². The van der Waals surface area contributed by atoms with Gasteiger partial charge in [-0.2, -0.15) is 0 Å². The van der Waals surface area contributed by atoms with Crippen LogP contribution in [-0.2, 0) is 9.84 Å². The molecule has 0 atom stereocenters. The van der Waals surface area contributed by atoms with Crippen LogP contribution in [0.5, 0.6) is 0 Å². The normalized spacial score (nSPS) is 11.8. The van der Waals surface area contributed by atoms with Crippen LogP contribution in [-0.4, -0.2) is 34.8 Å². The summed E-state index contributed by atoms with van der Waals surface area (Å²) in [4.78, 5) is 20.4. The molecule has 118 valence electrons. The first-order valence-corrected chi connectivity index (χ1v) is 8.90. The topological polar surface area (TPSA) is 81.4 Å². The first kappa shape index (κ1) is 15.6. The van der Waals surface area contributed by atoms with Crippen LogP contribution in [0.4, 0.5) is 0 Å². The van der Waals surface area contributed by atoms with Crippen LogP contribution in [0.1, 0.15) is 21.7 Å². The first-order chi connectivity index (χ1) is 10.8. The molecule has 0 fully saturated rings. The number of fused-ring (bicyclic) bond motifs is 1. The van der Waals surface area contributed by atoms with Crippen molar-refractivity contribution in [3.05, 3.63) is 58.6 Å². The van der Waals surface area contributed by atoms with E-state index in [0.717, 1.165) is 23.5 Å². The maximum atomic E-state index is 12.9. The van der Waals surface area contributed by atoms with E-state index in [-0.39, 0.29) is 10.7 Å². The van der Waals surface area contributed by atoms with E-state index < -0.39 is 20.8 Å². The van der Waals surface area contributed by atoms with Crippen LogP contribution in [0.15, 0.2) is 41.8 Å². The Bertz CT molecular complexity index is 1040. The molecule has 0 aliphatic rings. The van der Waals surface area contributed by atoms with Crippen LogP contribution < -0.4 is 0 Å². The largest absolute Gasteiger partial charge is 0.313 e. The van der Waals surface area contributed by atoms with E-state index in [4.69, 9.17) is 11.6 Å². The van der Waals surface area contributed by atoms with Crippen molar-refractivity contribution in [2.45, 2.75) is 12.1 Å². The van der Waals surface area contributed by atoms with Crippen molar-refractivity contribution in [2.24, 2.45) is 0 Å². The molecule has 3 aromatic heterocycles. The van der Waals surface area contributed by atoms with Gasteiger partial charge in [-0.3, -0.25) is 4.79 Å². The molecule has 8 heteroatoms. The first-order valence-electron chi connectivity index (χ1n) is 6.63. The zero-order valence-corrected chi connectivity index (χ0v) is 13.9. The highest BCUT2D eigenvalue weighted by molar-refractivity contribution is 7.90. The molecule has 0 aromatic carbocycles. The molecule has 0 spiro atoms. The monoisotopic (exact) mass is 349 g/mol. The minimum absolute atomic E-state index is 0.00711. The highest BCUT2D eigenvalue weighted by atomic mass is 35.5. The Labute approximate surface area is 137 Å². The Balaban J connectivity index is 2.22. The maximum Gasteiger partial charge on any atom is 0.247 e. The smallest absolute Gasteiger partial charge is 0.247 e. The third-order valence-corrected chi connectivity index (χ3v) is 4.49. The van der Waals surface area contributed by atoms with Crippen molar-refractivity contribution in [3.8, 4) is 0 Å². The lowest BCUT2D eigenvalue weighted by atomic mass is 10.1. The average molecular weight is 350 g/mol. The summed E-state index contributed by atoms with van der Waals surface area (Å²) in [6.07, 6.45) is 3.86. The molecule has 0 unspecified atom stereocenters. The quantitative estimate of drug-likeness (QED) is 0.535. The molecule has 0 aliphatic heterocycles. The van der Waals surface area contributed by atoms with E-state index in [1.807, 2.05) is 18.2 Å². The molecule has 0 radical (unpaired) electrons. The third-order valence-electron chi connectivity index (χ3n) is 3.35. The zero-order valence-electron chi connectivity index (χ0n) is 12.3. The van der Waals surface area contributed by atoms with Crippen molar-refractivity contribution in [1.82, 2.24) is 14.4 Å². The van der Waals surface area contributed by atoms with Gasteiger partial charge in [0, 0.05) is 18.0 Å². The van der Waals surface area contributed by atoms with Gasteiger partial charge in [-0.15, -0.1) is 0 Å². The van der Waals surface area contributed by atoms with Gasteiger partial charge in [0.05, 0.1) is 16.9 Å². The van der Waals surface area contributed by atoms with Crippen molar-refractivity contribution in [2.75, 3.05) is 6.26 Å². The molecule has 0 aliphatic carbocycles. The molecule has 0 amide bonds. The van der Waals surface area contributed by atoms with Gasteiger partial charge in [-0.05, 0) is 30.7 Å². The number of hydrogen-bond acceptors (Lipinski definition) is 5. The summed E-state index contributed by atoms with van der Waals surface area (Å²) in [6, 6.07) is 7.39. The van der Waals surface area contributed by atoms with E-state index in [0.29, 0.717) is 5.69 Å². The fourth-order valence-electron chi connectivity index (χ4n) is 2.35. The van der Waals surface area contributed by atoms with Gasteiger partial charge < -0.3 is 4.40 Å². The second-order valence-corrected chi connectivity index (χ2v) is 7.44. The van der Waals surface area contributed by atoms with Crippen molar-refractivity contribution in [3.63, 3.8) is 0 Å². The Hall–Kier alpha value is -2.25. The van der Waals surface area contributed by atoms with Crippen LogP contribution in [0, 0.1) is 6.92 Å². The molecule has 0 N–H and O–H groups in total. The standard InChI is InChI=1S/C15H12ClN3O3S/c1-9-7-10-5-3-4-6-19(10)13(9)14(20)12-11(16)8-17-15(18-12)23(2,21)22/h3-8H,1-2H3. The average Bonchev–Trinajstić information content (AvgIpc) is 2.81. The number of aryl methyl sites for hydroxylation is 1. The van der Waals surface area contributed by atoms with Gasteiger partial charge in [0.1, 0.15) is 5.69 Å². The lowest BCUT2D eigenvalue weighted by Crippen LogP contribution is -2.13. The Morgan fingerprint density at radius 2 is 2.04 bits per heavy atom. The summed E-state index contributed by atoms with van der Waals surface area (Å²) >= 11 is 6.01. The maximum absolute atomic E-state index is 12.9. The molecule has 0 saturated carbocycles. The number of rotatable bonds is 3. The Morgan fingerprint density at radius 3 is 2.74 bits per heavy atom. The number of aromatic nitrogens is 3. The number of carbonyl (C=O) groups is 1. The number of halogens is 1. The molecular formula is C15H12ClN3O3S. The summed E-state index contributed by atoms with van der Waals surface area (Å²) in [6.45, 7) is 1.80. The van der Waals surface area contributed by atoms with E-state index in [1.165, 1.54) is 0 Å². The lowest BCUT2D eigenvalue weighted by Gasteiger charge is -2.06. The summed E-state index contributed by atoms with van der Waals surface area (Å²) in [5.41, 5.74) is 1.85. The van der Waals surface area contributed by atoms with Gasteiger partial charge in [-0.25, -0.2) is 18.4 Å². The number of carbonyl (C=O) groups excluding carboxylic acids is 1. The van der Waals surface area contributed by atoms with Gasteiger partial charge in [0.25, 0.3) is 0 Å². The molecular weight excluding hydrogens is 338 g/mol. The number of pyridine rings is 1. The van der Waals surface area contributed by atoms with E-state index in [9.17, 15) is 13.2 Å². The molecule has 3 rings (SSSR count). The Morgan fingerprint density at radius 1 is 1.30 bits per heavy atom. The number of nitrogens with zero attached hydrogens (tertiary/aromatic N) is 3. The van der Waals surface area contributed by atoms with Crippen LogP contribution in [0.3, 0.4) is 0 Å². The summed E-state index contributed by atoms with van der Waals surface area (Å²) in [5.74, 6) is -0.453. The van der Waals surface area contributed by atoms with Gasteiger partial charge in [0.15, 0.2) is 0 Å². The number of hydrogen-bond donors (Lipinski definition) is 0. The van der Waals surface area contributed by atoms with E-state index in [2.05, 4.69) is 9.97 Å². The van der Waals surface area contributed by atoms with Crippen molar-refractivity contribution in [1.29, 1.82) is 0 Å². The summed E-state index contributed by atoms with van der Waals surface area (Å²) < 4.78 is 24.9. The zero-order chi connectivity index (χ0) is 16.8. The fraction of sp³-hybridized carbons (Fsp3) is 0.133. The predicted octanol–water partition coefficient (Wildman–Crippen LogP) is 2.33. The lowest BCUT2D eigenvalue weighted by molar-refractivity contribution is 0.102. The van der Waals surface area contributed by atoms with E-state index >= 15 is 0 Å². The highest BCUT2D eigenvalue weighted by Gasteiger charge is 2.23. The Kier molecular flexibility index (Phi) is 3.69. The molecule has 23 heavy (non-hydrogen) atoms. The third kappa shape index (κ3) is 2.73. The molecule has 0 saturated heterocycles. The van der Waals surface area contributed by atoms with Crippen molar-refractivity contribution >= 4 is 32.7 Å². The van der Waals surface area contributed by atoms with Gasteiger partial charge in [-0.1, -0.05) is 17.7 Å². The minimum Gasteiger partial charge on any atom is -0.313 e. The molecule has 3 heterocycles. The number of sulfone groups is 1. The molecule has 3 aromatic rings. The minimum atomic E-state index is -3.64. The predicted molar refractivity (Wildman–Crippen MR) is 85.7 cm³/mol. The fourth-order valence-corrected chi connectivity index (χ4v) is 3.03.